The fraction of sp³-hybridized carbons (Fsp3) is 0.273. The fourth-order valence-corrected chi connectivity index (χ4v) is 4.61. The van der Waals surface area contributed by atoms with Gasteiger partial charge in [-0.15, -0.1) is 0 Å². The van der Waals surface area contributed by atoms with Crippen molar-refractivity contribution in [3.63, 3.8) is 0 Å². The third kappa shape index (κ3) is 4.02. The Kier molecular flexibility index (Phi) is 5.96. The number of hydrogen-bond donors (Lipinski definition) is 1. The summed E-state index contributed by atoms with van der Waals surface area (Å²) in [5, 5.41) is 8.92. The lowest BCUT2D eigenvalue weighted by atomic mass is 10.0. The number of aromatic amines is 1. The van der Waals surface area contributed by atoms with Gasteiger partial charge in [-0.1, -0.05) is 46.9 Å². The first kappa shape index (κ1) is 21.0. The van der Waals surface area contributed by atoms with E-state index in [1.165, 1.54) is 0 Å². The SMILES string of the molecule is Cc1n[nH]c(C)c1C(=O)N1CCN(c2ccc(Cl)cc2Cl)C(c2ccc(Cl)cc2)C1. The van der Waals surface area contributed by atoms with Crippen LogP contribution in [0.5, 0.6) is 0 Å². The van der Waals surface area contributed by atoms with Gasteiger partial charge in [0.15, 0.2) is 0 Å². The number of H-pyrrole nitrogens is 1. The molecule has 0 saturated carbocycles. The molecule has 0 aliphatic carbocycles. The van der Waals surface area contributed by atoms with Gasteiger partial charge in [0.1, 0.15) is 0 Å². The Morgan fingerprint density at radius 3 is 2.37 bits per heavy atom. The van der Waals surface area contributed by atoms with Crippen LogP contribution in [0.25, 0.3) is 0 Å². The number of nitrogens with zero attached hydrogens (tertiary/aromatic N) is 3. The summed E-state index contributed by atoms with van der Waals surface area (Å²) in [4.78, 5) is 17.4. The zero-order valence-corrected chi connectivity index (χ0v) is 18.9. The summed E-state index contributed by atoms with van der Waals surface area (Å²) in [7, 11) is 0. The average Bonchev–Trinajstić information content (AvgIpc) is 3.06. The third-order valence-corrected chi connectivity index (χ3v) is 6.27. The highest BCUT2D eigenvalue weighted by molar-refractivity contribution is 6.36. The van der Waals surface area contributed by atoms with Gasteiger partial charge in [0, 0.05) is 35.4 Å². The highest BCUT2D eigenvalue weighted by Gasteiger charge is 2.33. The van der Waals surface area contributed by atoms with Crippen LogP contribution >= 0.6 is 34.8 Å². The molecular weight excluding hydrogens is 443 g/mol. The summed E-state index contributed by atoms with van der Waals surface area (Å²) in [5.74, 6) is -0.0143. The van der Waals surface area contributed by atoms with Gasteiger partial charge in [-0.25, -0.2) is 0 Å². The number of nitrogens with one attached hydrogen (secondary N) is 1. The average molecular weight is 464 g/mol. The molecule has 1 aromatic heterocycles. The smallest absolute Gasteiger partial charge is 0.257 e. The maximum atomic E-state index is 13.3. The molecule has 2 heterocycles. The Hall–Kier alpha value is -2.21. The van der Waals surface area contributed by atoms with Crippen LogP contribution in [0.3, 0.4) is 0 Å². The largest absolute Gasteiger partial charge is 0.360 e. The molecule has 4 rings (SSSR count). The van der Waals surface area contributed by atoms with Gasteiger partial charge < -0.3 is 9.80 Å². The van der Waals surface area contributed by atoms with Crippen LogP contribution in [-0.4, -0.2) is 40.6 Å². The van der Waals surface area contributed by atoms with Crippen molar-refractivity contribution in [1.82, 2.24) is 15.1 Å². The molecule has 3 aromatic rings. The van der Waals surface area contributed by atoms with Crippen molar-refractivity contribution in [2.75, 3.05) is 24.5 Å². The summed E-state index contributed by atoms with van der Waals surface area (Å²) in [6.07, 6.45) is 0. The van der Waals surface area contributed by atoms with Gasteiger partial charge in [-0.05, 0) is 49.7 Å². The van der Waals surface area contributed by atoms with E-state index in [0.29, 0.717) is 46.0 Å². The lowest BCUT2D eigenvalue weighted by Crippen LogP contribution is -2.51. The zero-order chi connectivity index (χ0) is 21.4. The molecule has 0 bridgehead atoms. The summed E-state index contributed by atoms with van der Waals surface area (Å²) in [6.45, 7) is 5.44. The minimum atomic E-state index is -0.0776. The van der Waals surface area contributed by atoms with E-state index in [4.69, 9.17) is 34.8 Å². The van der Waals surface area contributed by atoms with Crippen LogP contribution in [0, 0.1) is 13.8 Å². The first-order chi connectivity index (χ1) is 14.3. The van der Waals surface area contributed by atoms with E-state index in [0.717, 1.165) is 16.9 Å². The number of carbonyl (C=O) groups excluding carboxylic acids is 1. The highest BCUT2D eigenvalue weighted by Crippen LogP contribution is 2.37. The molecular formula is C22H21Cl3N4O. The van der Waals surface area contributed by atoms with Crippen LogP contribution in [0.1, 0.15) is 33.4 Å². The van der Waals surface area contributed by atoms with Crippen LogP contribution in [0.2, 0.25) is 15.1 Å². The standard InChI is InChI=1S/C22H21Cl3N4O/c1-13-21(14(2)27-26-13)22(30)28-9-10-29(19-8-7-17(24)11-18(19)25)20(12-28)15-3-5-16(23)6-4-15/h3-8,11,20H,9-10,12H2,1-2H3,(H,26,27). The molecule has 2 aromatic carbocycles. The first-order valence-electron chi connectivity index (χ1n) is 9.63. The number of benzene rings is 2. The van der Waals surface area contributed by atoms with Crippen molar-refractivity contribution in [3.05, 3.63) is 80.0 Å². The van der Waals surface area contributed by atoms with Crippen LogP contribution in [0.4, 0.5) is 5.69 Å². The lowest BCUT2D eigenvalue weighted by Gasteiger charge is -2.43. The Morgan fingerprint density at radius 1 is 1.03 bits per heavy atom. The molecule has 5 nitrogen and oxygen atoms in total. The van der Waals surface area contributed by atoms with Gasteiger partial charge in [-0.2, -0.15) is 5.10 Å². The minimum absolute atomic E-state index is 0.0143. The molecule has 1 aliphatic rings. The Labute approximate surface area is 190 Å². The van der Waals surface area contributed by atoms with Crippen molar-refractivity contribution >= 4 is 46.4 Å². The molecule has 0 spiro atoms. The number of aromatic nitrogens is 2. The quantitative estimate of drug-likeness (QED) is 0.543. The second kappa shape index (κ2) is 8.50. The number of rotatable bonds is 3. The molecule has 0 radical (unpaired) electrons. The number of carbonyl (C=O) groups is 1. The Bertz CT molecular complexity index is 1060. The first-order valence-corrected chi connectivity index (χ1v) is 10.8. The maximum absolute atomic E-state index is 13.3. The fourth-order valence-electron chi connectivity index (χ4n) is 3.96. The van der Waals surface area contributed by atoms with E-state index >= 15 is 0 Å². The van der Waals surface area contributed by atoms with E-state index in [1.54, 1.807) is 6.07 Å². The van der Waals surface area contributed by atoms with E-state index < -0.39 is 0 Å². The van der Waals surface area contributed by atoms with Gasteiger partial charge in [0.25, 0.3) is 5.91 Å². The van der Waals surface area contributed by atoms with E-state index in [-0.39, 0.29) is 11.9 Å². The lowest BCUT2D eigenvalue weighted by molar-refractivity contribution is 0.0720. The summed E-state index contributed by atoms with van der Waals surface area (Å²) < 4.78 is 0. The van der Waals surface area contributed by atoms with Crippen LogP contribution in [-0.2, 0) is 0 Å². The second-order valence-corrected chi connectivity index (χ2v) is 8.70. The zero-order valence-electron chi connectivity index (χ0n) is 16.6. The summed E-state index contributed by atoms with van der Waals surface area (Å²) >= 11 is 18.7. The predicted octanol–water partition coefficient (Wildman–Crippen LogP) is 5.69. The van der Waals surface area contributed by atoms with E-state index in [2.05, 4.69) is 15.1 Å². The second-order valence-electron chi connectivity index (χ2n) is 7.42. The number of amides is 1. The molecule has 1 aliphatic heterocycles. The Morgan fingerprint density at radius 2 is 1.73 bits per heavy atom. The van der Waals surface area contributed by atoms with Gasteiger partial charge in [0.2, 0.25) is 0 Å². The summed E-state index contributed by atoms with van der Waals surface area (Å²) in [6, 6.07) is 13.1. The molecule has 30 heavy (non-hydrogen) atoms. The number of anilines is 1. The molecule has 1 atom stereocenters. The minimum Gasteiger partial charge on any atom is -0.360 e. The Balaban J connectivity index is 1.69. The molecule has 156 valence electrons. The molecule has 1 saturated heterocycles. The molecule has 1 unspecified atom stereocenters. The van der Waals surface area contributed by atoms with Gasteiger partial charge >= 0.3 is 0 Å². The number of aryl methyl sites for hydroxylation is 2. The number of hydrogen-bond acceptors (Lipinski definition) is 3. The molecule has 8 heteroatoms. The van der Waals surface area contributed by atoms with Crippen molar-refractivity contribution in [2.45, 2.75) is 19.9 Å². The van der Waals surface area contributed by atoms with Crippen molar-refractivity contribution in [1.29, 1.82) is 0 Å². The van der Waals surface area contributed by atoms with Gasteiger partial charge in [0.05, 0.1) is 28.0 Å². The molecule has 1 N–H and O–H groups in total. The van der Waals surface area contributed by atoms with Gasteiger partial charge in [-0.3, -0.25) is 9.89 Å². The topological polar surface area (TPSA) is 52.2 Å². The van der Waals surface area contributed by atoms with Crippen molar-refractivity contribution in [2.24, 2.45) is 0 Å². The highest BCUT2D eigenvalue weighted by atomic mass is 35.5. The number of piperazine rings is 1. The van der Waals surface area contributed by atoms with Crippen LogP contribution < -0.4 is 4.90 Å². The van der Waals surface area contributed by atoms with Crippen molar-refractivity contribution < 1.29 is 4.79 Å². The van der Waals surface area contributed by atoms with Crippen molar-refractivity contribution in [3.8, 4) is 0 Å². The molecule has 1 fully saturated rings. The van der Waals surface area contributed by atoms with Crippen LogP contribution in [0.15, 0.2) is 42.5 Å². The normalized spacial score (nSPS) is 16.8. The van der Waals surface area contributed by atoms with E-state index in [9.17, 15) is 4.79 Å². The maximum Gasteiger partial charge on any atom is 0.257 e. The predicted molar refractivity (Wildman–Crippen MR) is 122 cm³/mol. The molecule has 1 amide bonds. The third-order valence-electron chi connectivity index (χ3n) is 5.48. The van der Waals surface area contributed by atoms with E-state index in [1.807, 2.05) is 55.1 Å². The monoisotopic (exact) mass is 462 g/mol. The number of halogens is 3. The summed E-state index contributed by atoms with van der Waals surface area (Å²) in [5.41, 5.74) is 4.09.